The van der Waals surface area contributed by atoms with Gasteiger partial charge in [0.25, 0.3) is 0 Å². The monoisotopic (exact) mass is 297 g/mol. The smallest absolute Gasteiger partial charge is 0.167 e. The van der Waals surface area contributed by atoms with Gasteiger partial charge in [-0.2, -0.15) is 5.06 Å². The average molecular weight is 297 g/mol. The van der Waals surface area contributed by atoms with Gasteiger partial charge in [-0.05, 0) is 17.5 Å². The van der Waals surface area contributed by atoms with Crippen molar-refractivity contribution in [2.45, 2.75) is 16.5 Å². The summed E-state index contributed by atoms with van der Waals surface area (Å²) in [5.41, 5.74) is 2.42. The third kappa shape index (κ3) is 1.51. The van der Waals surface area contributed by atoms with Gasteiger partial charge in [-0.15, -0.1) is 0 Å². The minimum atomic E-state index is -1.08. The van der Waals surface area contributed by atoms with Gasteiger partial charge in [-0.3, -0.25) is 13.3 Å². The maximum absolute atomic E-state index is 12.5. The Kier molecular flexibility index (Phi) is 2.71. The van der Waals surface area contributed by atoms with E-state index in [2.05, 4.69) is 12.1 Å². The molecular formula is C13H15NO3S2. The molecule has 0 amide bonds. The molecule has 0 N–H and O–H groups in total. The highest BCUT2D eigenvalue weighted by Gasteiger charge is 2.61. The summed E-state index contributed by atoms with van der Waals surface area (Å²) in [5, 5.41) is 1.91. The number of benzene rings is 1. The van der Waals surface area contributed by atoms with Gasteiger partial charge in [0.05, 0.1) is 12.6 Å². The van der Waals surface area contributed by atoms with Crippen molar-refractivity contribution in [3.63, 3.8) is 0 Å². The normalized spacial score (nSPS) is 36.3. The number of hydrogen-bond donors (Lipinski definition) is 0. The van der Waals surface area contributed by atoms with Crippen molar-refractivity contribution in [1.29, 1.82) is 0 Å². The van der Waals surface area contributed by atoms with Crippen LogP contribution in [-0.4, -0.2) is 42.2 Å². The van der Waals surface area contributed by atoms with Crippen LogP contribution in [0.5, 0.6) is 0 Å². The average Bonchev–Trinajstić information content (AvgIpc) is 2.97. The van der Waals surface area contributed by atoms with Crippen molar-refractivity contribution >= 4 is 21.6 Å². The van der Waals surface area contributed by atoms with E-state index in [1.54, 1.807) is 0 Å². The zero-order valence-corrected chi connectivity index (χ0v) is 12.0. The second-order valence-electron chi connectivity index (χ2n) is 5.18. The minimum absolute atomic E-state index is 0.110. The van der Waals surface area contributed by atoms with Gasteiger partial charge < -0.3 is 0 Å². The van der Waals surface area contributed by atoms with Crippen molar-refractivity contribution in [3.8, 4) is 0 Å². The molecule has 0 aromatic heterocycles. The van der Waals surface area contributed by atoms with Crippen LogP contribution in [0.15, 0.2) is 24.3 Å². The Morgan fingerprint density at radius 1 is 1.21 bits per heavy atom. The van der Waals surface area contributed by atoms with Crippen molar-refractivity contribution in [1.82, 2.24) is 5.06 Å². The van der Waals surface area contributed by atoms with Crippen LogP contribution in [0.4, 0.5) is 0 Å². The molecule has 19 heavy (non-hydrogen) atoms. The molecule has 4 nitrogen and oxygen atoms in total. The SMILES string of the molecule is O=[S@]1CC[S@](=O)C12CON1CCc3ccccc3[C@@H]12. The Hall–Kier alpha value is -0.560. The first-order valence-electron chi connectivity index (χ1n) is 6.48. The number of nitrogens with zero attached hydrogens (tertiary/aromatic N) is 1. The molecule has 2 saturated heterocycles. The molecule has 3 atom stereocenters. The van der Waals surface area contributed by atoms with Crippen molar-refractivity contribution < 1.29 is 13.3 Å². The Morgan fingerprint density at radius 3 is 2.74 bits per heavy atom. The fourth-order valence-electron chi connectivity index (χ4n) is 3.37. The predicted molar refractivity (Wildman–Crippen MR) is 74.3 cm³/mol. The summed E-state index contributed by atoms with van der Waals surface area (Å²) in [6.07, 6.45) is 0.933. The maximum Gasteiger partial charge on any atom is 0.167 e. The van der Waals surface area contributed by atoms with Crippen LogP contribution in [0.2, 0.25) is 0 Å². The van der Waals surface area contributed by atoms with Gasteiger partial charge in [0, 0.05) is 39.6 Å². The molecule has 0 saturated carbocycles. The highest BCUT2D eigenvalue weighted by atomic mass is 32.3. The lowest BCUT2D eigenvalue weighted by atomic mass is 9.92. The first-order chi connectivity index (χ1) is 9.23. The molecule has 1 spiro atoms. The third-order valence-corrected chi connectivity index (χ3v) is 9.06. The standard InChI is InChI=1S/C13H15NO3S2/c15-18-7-8-19(16)13(18)9-17-14-6-5-10-3-1-2-4-11(10)12(13)14/h1-4,12H,5-9H2/t12-,18+,19+/m1/s1. The first kappa shape index (κ1) is 12.2. The highest BCUT2D eigenvalue weighted by Crippen LogP contribution is 2.49. The molecule has 3 aliphatic heterocycles. The molecule has 3 heterocycles. The van der Waals surface area contributed by atoms with E-state index in [1.165, 1.54) is 5.56 Å². The number of rotatable bonds is 0. The van der Waals surface area contributed by atoms with E-state index in [0.29, 0.717) is 18.1 Å². The quantitative estimate of drug-likeness (QED) is 0.708. The van der Waals surface area contributed by atoms with Crippen LogP contribution >= 0.6 is 0 Å². The first-order valence-corrected chi connectivity index (χ1v) is 9.11. The molecular weight excluding hydrogens is 282 g/mol. The fourth-order valence-corrected chi connectivity index (χ4v) is 7.96. The van der Waals surface area contributed by atoms with E-state index in [1.807, 2.05) is 17.2 Å². The van der Waals surface area contributed by atoms with E-state index in [-0.39, 0.29) is 6.04 Å². The van der Waals surface area contributed by atoms with E-state index >= 15 is 0 Å². The van der Waals surface area contributed by atoms with Gasteiger partial charge in [-0.25, -0.2) is 0 Å². The summed E-state index contributed by atoms with van der Waals surface area (Å²) in [5.74, 6) is 1.06. The van der Waals surface area contributed by atoms with Crippen molar-refractivity contribution in [2.24, 2.45) is 0 Å². The number of hydroxylamine groups is 2. The van der Waals surface area contributed by atoms with Crippen LogP contribution in [0.3, 0.4) is 0 Å². The van der Waals surface area contributed by atoms with Crippen LogP contribution in [0.25, 0.3) is 0 Å². The van der Waals surface area contributed by atoms with E-state index in [4.69, 9.17) is 4.84 Å². The van der Waals surface area contributed by atoms with Gasteiger partial charge in [0.1, 0.15) is 0 Å². The van der Waals surface area contributed by atoms with Gasteiger partial charge in [0.2, 0.25) is 0 Å². The molecule has 3 aliphatic rings. The molecule has 102 valence electrons. The Morgan fingerprint density at radius 2 is 1.95 bits per heavy atom. The van der Waals surface area contributed by atoms with Crippen LogP contribution in [-0.2, 0) is 32.9 Å². The molecule has 2 fully saturated rings. The summed E-state index contributed by atoms with van der Waals surface area (Å²) < 4.78 is 24.3. The second-order valence-corrected chi connectivity index (χ2v) is 9.09. The van der Waals surface area contributed by atoms with E-state index < -0.39 is 25.7 Å². The molecule has 0 aliphatic carbocycles. The Balaban J connectivity index is 1.90. The van der Waals surface area contributed by atoms with Gasteiger partial charge >= 0.3 is 0 Å². The van der Waals surface area contributed by atoms with Crippen molar-refractivity contribution in [2.75, 3.05) is 24.7 Å². The van der Waals surface area contributed by atoms with E-state index in [9.17, 15) is 8.42 Å². The molecule has 6 heteroatoms. The summed E-state index contributed by atoms with van der Waals surface area (Å²) in [6.45, 7) is 1.11. The van der Waals surface area contributed by atoms with Crippen molar-refractivity contribution in [3.05, 3.63) is 35.4 Å². The lowest BCUT2D eigenvalue weighted by Gasteiger charge is -2.35. The summed E-state index contributed by atoms with van der Waals surface area (Å²) >= 11 is 0. The van der Waals surface area contributed by atoms with Crippen LogP contribution in [0.1, 0.15) is 17.2 Å². The number of hydrogen-bond acceptors (Lipinski definition) is 4. The Bertz CT molecular complexity index is 573. The molecule has 0 radical (unpaired) electrons. The zero-order chi connectivity index (χ0) is 13.0. The summed E-state index contributed by atoms with van der Waals surface area (Å²) in [6, 6.07) is 8.09. The van der Waals surface area contributed by atoms with E-state index in [0.717, 1.165) is 18.5 Å². The molecule has 4 rings (SSSR count). The lowest BCUT2D eigenvalue weighted by Crippen LogP contribution is -2.45. The van der Waals surface area contributed by atoms with Crippen LogP contribution < -0.4 is 0 Å². The van der Waals surface area contributed by atoms with Gasteiger partial charge in [0.15, 0.2) is 4.08 Å². The molecule has 0 unspecified atom stereocenters. The summed E-state index contributed by atoms with van der Waals surface area (Å²) in [7, 11) is -2.16. The zero-order valence-electron chi connectivity index (χ0n) is 10.4. The Labute approximate surface area is 117 Å². The minimum Gasteiger partial charge on any atom is -0.296 e. The summed E-state index contributed by atoms with van der Waals surface area (Å²) in [4.78, 5) is 5.74. The topological polar surface area (TPSA) is 46.6 Å². The molecule has 1 aromatic rings. The fraction of sp³-hybridized carbons (Fsp3) is 0.538. The number of fused-ring (bicyclic) bond motifs is 4. The second kappa shape index (κ2) is 4.22. The predicted octanol–water partition coefficient (Wildman–Crippen LogP) is 0.738. The maximum atomic E-state index is 12.5. The largest absolute Gasteiger partial charge is 0.296 e. The molecule has 1 aromatic carbocycles. The molecule has 0 bridgehead atoms. The lowest BCUT2D eigenvalue weighted by molar-refractivity contribution is -0.136. The highest BCUT2D eigenvalue weighted by molar-refractivity contribution is 8.07. The van der Waals surface area contributed by atoms with Gasteiger partial charge in [-0.1, -0.05) is 24.3 Å². The third-order valence-electron chi connectivity index (χ3n) is 4.31. The van der Waals surface area contributed by atoms with Crippen LogP contribution in [0, 0.1) is 0 Å².